The highest BCUT2D eigenvalue weighted by molar-refractivity contribution is 8.13. The number of rotatable bonds is 4. The molecule has 0 spiro atoms. The van der Waals surface area contributed by atoms with E-state index in [4.69, 9.17) is 0 Å². The lowest BCUT2D eigenvalue weighted by Gasteiger charge is -2.14. The molecule has 0 saturated heterocycles. The molecule has 0 unspecified atom stereocenters. The fraction of sp³-hybridized carbons (Fsp3) is 0.917. The number of nitrogens with zero attached hydrogens (tertiary/aromatic N) is 1. The third-order valence-electron chi connectivity index (χ3n) is 3.34. The number of aliphatic imine (C=N–C) groups is 1. The SMILES string of the molecule is C1CN=C(NCCCC2CCCC2)SC1. The Balaban J connectivity index is 1.52. The molecule has 0 aromatic rings. The molecule has 0 amide bonds. The van der Waals surface area contributed by atoms with Crippen LogP contribution in [0.5, 0.6) is 0 Å². The Morgan fingerprint density at radius 2 is 2.13 bits per heavy atom. The highest BCUT2D eigenvalue weighted by Gasteiger charge is 2.14. The van der Waals surface area contributed by atoms with Crippen LogP contribution in [0.4, 0.5) is 0 Å². The highest BCUT2D eigenvalue weighted by Crippen LogP contribution is 2.28. The molecule has 1 saturated carbocycles. The number of hydrogen-bond donors (Lipinski definition) is 1. The van der Waals surface area contributed by atoms with E-state index in [0.717, 1.165) is 19.0 Å². The van der Waals surface area contributed by atoms with Crippen LogP contribution in [0, 0.1) is 5.92 Å². The minimum Gasteiger partial charge on any atom is -0.365 e. The second-order valence-corrected chi connectivity index (χ2v) is 5.69. The van der Waals surface area contributed by atoms with Gasteiger partial charge in [-0.2, -0.15) is 0 Å². The van der Waals surface area contributed by atoms with Crippen LogP contribution in [0.15, 0.2) is 4.99 Å². The lowest BCUT2D eigenvalue weighted by molar-refractivity contribution is 0.482. The van der Waals surface area contributed by atoms with Gasteiger partial charge in [-0.3, -0.25) is 4.99 Å². The second-order valence-electron chi connectivity index (χ2n) is 4.61. The van der Waals surface area contributed by atoms with E-state index in [9.17, 15) is 0 Å². The van der Waals surface area contributed by atoms with E-state index >= 15 is 0 Å². The lowest BCUT2D eigenvalue weighted by Crippen LogP contribution is -2.24. The molecule has 0 radical (unpaired) electrons. The molecular formula is C12H22N2S. The minimum atomic E-state index is 1.03. The van der Waals surface area contributed by atoms with Gasteiger partial charge in [-0.25, -0.2) is 0 Å². The molecule has 0 aromatic carbocycles. The molecular weight excluding hydrogens is 204 g/mol. The predicted molar refractivity (Wildman–Crippen MR) is 68.6 cm³/mol. The molecule has 0 bridgehead atoms. The van der Waals surface area contributed by atoms with Gasteiger partial charge in [0.1, 0.15) is 0 Å². The number of amidine groups is 1. The monoisotopic (exact) mass is 226 g/mol. The molecule has 2 nitrogen and oxygen atoms in total. The van der Waals surface area contributed by atoms with Crippen molar-refractivity contribution in [1.82, 2.24) is 5.32 Å². The van der Waals surface area contributed by atoms with Gasteiger partial charge in [0.25, 0.3) is 0 Å². The summed E-state index contributed by atoms with van der Waals surface area (Å²) in [5, 5.41) is 4.65. The number of thioether (sulfide) groups is 1. The van der Waals surface area contributed by atoms with Gasteiger partial charge in [0.15, 0.2) is 5.17 Å². The third-order valence-corrected chi connectivity index (χ3v) is 4.38. The van der Waals surface area contributed by atoms with Gasteiger partial charge in [-0.15, -0.1) is 0 Å². The van der Waals surface area contributed by atoms with Crippen molar-refractivity contribution < 1.29 is 0 Å². The molecule has 0 atom stereocenters. The van der Waals surface area contributed by atoms with Crippen molar-refractivity contribution in [2.75, 3.05) is 18.8 Å². The smallest absolute Gasteiger partial charge is 0.156 e. The summed E-state index contributed by atoms with van der Waals surface area (Å²) in [7, 11) is 0. The maximum Gasteiger partial charge on any atom is 0.156 e. The van der Waals surface area contributed by atoms with Crippen LogP contribution in [-0.2, 0) is 0 Å². The van der Waals surface area contributed by atoms with Crippen molar-refractivity contribution in [3.63, 3.8) is 0 Å². The first-order valence-corrected chi connectivity index (χ1v) is 7.35. The van der Waals surface area contributed by atoms with Crippen molar-refractivity contribution in [2.24, 2.45) is 10.9 Å². The van der Waals surface area contributed by atoms with Crippen molar-refractivity contribution in [3.05, 3.63) is 0 Å². The van der Waals surface area contributed by atoms with Gasteiger partial charge >= 0.3 is 0 Å². The van der Waals surface area contributed by atoms with Crippen molar-refractivity contribution >= 4 is 16.9 Å². The van der Waals surface area contributed by atoms with Crippen molar-refractivity contribution in [3.8, 4) is 0 Å². The zero-order chi connectivity index (χ0) is 10.3. The molecule has 2 rings (SSSR count). The van der Waals surface area contributed by atoms with Crippen molar-refractivity contribution in [1.29, 1.82) is 0 Å². The summed E-state index contributed by atoms with van der Waals surface area (Å²) in [4.78, 5) is 4.47. The van der Waals surface area contributed by atoms with Gasteiger partial charge < -0.3 is 5.32 Å². The molecule has 1 heterocycles. The van der Waals surface area contributed by atoms with Gasteiger partial charge in [0.2, 0.25) is 0 Å². The second kappa shape index (κ2) is 6.41. The van der Waals surface area contributed by atoms with Gasteiger partial charge in [0, 0.05) is 18.8 Å². The van der Waals surface area contributed by atoms with E-state index in [2.05, 4.69) is 10.3 Å². The average molecular weight is 226 g/mol. The van der Waals surface area contributed by atoms with Crippen LogP contribution in [-0.4, -0.2) is 24.0 Å². The lowest BCUT2D eigenvalue weighted by atomic mass is 10.0. The largest absolute Gasteiger partial charge is 0.365 e. The average Bonchev–Trinajstić information content (AvgIpc) is 2.79. The first-order chi connectivity index (χ1) is 7.45. The van der Waals surface area contributed by atoms with E-state index in [0.29, 0.717) is 0 Å². The zero-order valence-corrected chi connectivity index (χ0v) is 10.3. The molecule has 0 aromatic heterocycles. The summed E-state index contributed by atoms with van der Waals surface area (Å²) in [6.07, 6.45) is 9.90. The number of hydrogen-bond acceptors (Lipinski definition) is 3. The molecule has 1 fully saturated rings. The Kier molecular flexibility index (Phi) is 4.84. The first-order valence-electron chi connectivity index (χ1n) is 6.36. The van der Waals surface area contributed by atoms with Crippen LogP contribution >= 0.6 is 11.8 Å². The summed E-state index contributed by atoms with van der Waals surface area (Å²) in [6.45, 7) is 2.15. The topological polar surface area (TPSA) is 24.4 Å². The molecule has 86 valence electrons. The molecule has 15 heavy (non-hydrogen) atoms. The van der Waals surface area contributed by atoms with E-state index in [1.54, 1.807) is 0 Å². The van der Waals surface area contributed by atoms with E-state index in [1.807, 2.05) is 11.8 Å². The minimum absolute atomic E-state index is 1.03. The van der Waals surface area contributed by atoms with Crippen LogP contribution in [0.2, 0.25) is 0 Å². The summed E-state index contributed by atoms with van der Waals surface area (Å²) in [5.41, 5.74) is 0. The normalized spacial score (nSPS) is 22.8. The molecule has 1 N–H and O–H groups in total. The van der Waals surface area contributed by atoms with Crippen molar-refractivity contribution in [2.45, 2.75) is 44.9 Å². The van der Waals surface area contributed by atoms with E-state index in [1.165, 1.54) is 55.9 Å². The predicted octanol–water partition coefficient (Wildman–Crippen LogP) is 3.04. The summed E-state index contributed by atoms with van der Waals surface area (Å²) in [5.74, 6) is 2.28. The Bertz CT molecular complexity index is 210. The van der Waals surface area contributed by atoms with Gasteiger partial charge in [-0.1, -0.05) is 37.4 Å². The van der Waals surface area contributed by atoms with Crippen LogP contribution in [0.3, 0.4) is 0 Å². The Hall–Kier alpha value is -0.180. The first kappa shape index (κ1) is 11.3. The Labute approximate surface area is 97.3 Å². The van der Waals surface area contributed by atoms with Crippen LogP contribution < -0.4 is 5.32 Å². The summed E-state index contributed by atoms with van der Waals surface area (Å²) < 4.78 is 0. The maximum absolute atomic E-state index is 4.47. The van der Waals surface area contributed by atoms with Gasteiger partial charge in [-0.05, 0) is 25.2 Å². The third kappa shape index (κ3) is 4.06. The standard InChI is InChI=1S/C12H22N2S/c1-2-6-11(5-1)7-3-8-13-12-14-9-4-10-15-12/h11H,1-10H2,(H,13,14). The van der Waals surface area contributed by atoms with Crippen LogP contribution in [0.1, 0.15) is 44.9 Å². The zero-order valence-electron chi connectivity index (χ0n) is 9.50. The highest BCUT2D eigenvalue weighted by atomic mass is 32.2. The molecule has 3 heteroatoms. The Morgan fingerprint density at radius 3 is 2.87 bits per heavy atom. The quantitative estimate of drug-likeness (QED) is 0.745. The fourth-order valence-electron chi connectivity index (χ4n) is 2.45. The van der Waals surface area contributed by atoms with E-state index in [-0.39, 0.29) is 0 Å². The summed E-state index contributed by atoms with van der Waals surface area (Å²) in [6, 6.07) is 0. The van der Waals surface area contributed by atoms with E-state index < -0.39 is 0 Å². The van der Waals surface area contributed by atoms with Gasteiger partial charge in [0.05, 0.1) is 0 Å². The molecule has 1 aliphatic heterocycles. The maximum atomic E-state index is 4.47. The fourth-order valence-corrected chi connectivity index (χ4v) is 3.31. The summed E-state index contributed by atoms with van der Waals surface area (Å²) >= 11 is 1.88. The number of nitrogens with one attached hydrogen (secondary N) is 1. The molecule has 1 aliphatic carbocycles. The molecule has 2 aliphatic rings. The Morgan fingerprint density at radius 1 is 1.27 bits per heavy atom. The van der Waals surface area contributed by atoms with Crippen LogP contribution in [0.25, 0.3) is 0 Å².